The number of aliphatic hydroxyl groups excluding tert-OH is 4. The first-order valence-electron chi connectivity index (χ1n) is 6.40. The molecule has 0 fully saturated rings. The van der Waals surface area contributed by atoms with Gasteiger partial charge < -0.3 is 25.4 Å². The van der Waals surface area contributed by atoms with E-state index < -0.39 is 59.3 Å². The molecule has 2 rings (SSSR count). The highest BCUT2D eigenvalue weighted by Gasteiger charge is 2.26. The number of aromatic nitrogens is 4. The molecular weight excluding hydrogens is 316 g/mol. The van der Waals surface area contributed by atoms with E-state index in [0.717, 1.165) is 0 Å². The molecule has 23 heavy (non-hydrogen) atoms. The van der Waals surface area contributed by atoms with Gasteiger partial charge in [-0.05, 0) is 0 Å². The van der Waals surface area contributed by atoms with Crippen LogP contribution in [0, 0.1) is 0 Å². The van der Waals surface area contributed by atoms with E-state index in [1.165, 1.54) is 0 Å². The van der Waals surface area contributed by atoms with Gasteiger partial charge in [-0.25, -0.2) is 4.79 Å². The van der Waals surface area contributed by atoms with Crippen molar-refractivity contribution in [3.05, 3.63) is 41.5 Å². The summed E-state index contributed by atoms with van der Waals surface area (Å²) in [4.78, 5) is 52.4. The van der Waals surface area contributed by atoms with Crippen molar-refractivity contribution in [2.24, 2.45) is 0 Å². The molecule has 0 spiro atoms. The lowest BCUT2D eigenvalue weighted by Gasteiger charge is -2.22. The van der Waals surface area contributed by atoms with Crippen LogP contribution in [-0.2, 0) is 6.54 Å². The molecule has 0 aromatic carbocycles. The number of nitrogens with zero attached hydrogens (tertiary/aromatic N) is 1. The molecule has 0 aliphatic heterocycles. The Kier molecular flexibility index (Phi) is 4.60. The minimum atomic E-state index is -1.82. The predicted octanol–water partition coefficient (Wildman–Crippen LogP) is -4.86. The van der Waals surface area contributed by atoms with Gasteiger partial charge in [0, 0.05) is 0 Å². The number of aromatic amines is 3. The van der Waals surface area contributed by atoms with E-state index >= 15 is 0 Å². The largest absolute Gasteiger partial charge is 0.394 e. The minimum absolute atomic E-state index is 0.368. The van der Waals surface area contributed by atoms with Crippen molar-refractivity contribution in [2.75, 3.05) is 6.61 Å². The Hall–Kier alpha value is -2.54. The summed E-state index contributed by atoms with van der Waals surface area (Å²) in [5.41, 5.74) is -5.05. The summed E-state index contributed by atoms with van der Waals surface area (Å²) in [6, 6.07) is 0. The minimum Gasteiger partial charge on any atom is -0.394 e. The average molecular weight is 330 g/mol. The van der Waals surface area contributed by atoms with E-state index in [1.807, 2.05) is 9.97 Å². The fraction of sp³-hybridized carbons (Fsp3) is 0.455. The van der Waals surface area contributed by atoms with E-state index in [4.69, 9.17) is 5.11 Å². The summed E-state index contributed by atoms with van der Waals surface area (Å²) < 4.78 is 0.586. The second-order valence-electron chi connectivity index (χ2n) is 4.81. The Morgan fingerprint density at radius 1 is 0.913 bits per heavy atom. The molecule has 3 atom stereocenters. The SMILES string of the molecule is O=c1[nH]c(=O)c2[nH]c(=O)c(=O)n(C[C@H](O)[C@H](O)[C@H](O)CO)c2[nH]1. The van der Waals surface area contributed by atoms with E-state index in [2.05, 4.69) is 4.98 Å². The monoisotopic (exact) mass is 330 g/mol. The maximum absolute atomic E-state index is 11.9. The first-order chi connectivity index (χ1) is 10.8. The normalized spacial score (nSPS) is 15.5. The molecule has 2 aromatic rings. The molecule has 2 heterocycles. The van der Waals surface area contributed by atoms with Crippen LogP contribution in [0.2, 0.25) is 0 Å². The maximum atomic E-state index is 11.9. The summed E-state index contributed by atoms with van der Waals surface area (Å²) in [7, 11) is 0. The van der Waals surface area contributed by atoms with Gasteiger partial charge in [-0.15, -0.1) is 0 Å². The lowest BCUT2D eigenvalue weighted by Crippen LogP contribution is -2.46. The maximum Gasteiger partial charge on any atom is 0.327 e. The highest BCUT2D eigenvalue weighted by Crippen LogP contribution is 2.04. The van der Waals surface area contributed by atoms with Crippen LogP contribution < -0.4 is 22.4 Å². The quantitative estimate of drug-likeness (QED) is 0.264. The summed E-state index contributed by atoms with van der Waals surface area (Å²) >= 11 is 0. The second-order valence-corrected chi connectivity index (χ2v) is 4.81. The molecule has 0 radical (unpaired) electrons. The summed E-state index contributed by atoms with van der Waals surface area (Å²) in [5, 5.41) is 37.4. The molecular formula is C11H14N4O8. The molecule has 7 N–H and O–H groups in total. The first kappa shape index (κ1) is 16.8. The summed E-state index contributed by atoms with van der Waals surface area (Å²) in [6.07, 6.45) is -5.27. The topological polar surface area (TPSA) is 201 Å². The van der Waals surface area contributed by atoms with Crippen LogP contribution in [-0.4, -0.2) is 64.9 Å². The summed E-state index contributed by atoms with van der Waals surface area (Å²) in [6.45, 7) is -1.56. The van der Waals surface area contributed by atoms with Crippen LogP contribution in [0.3, 0.4) is 0 Å². The number of H-pyrrole nitrogens is 3. The molecule has 0 bridgehead atoms. The molecule has 12 nitrogen and oxygen atoms in total. The zero-order chi connectivity index (χ0) is 17.3. The van der Waals surface area contributed by atoms with Crippen molar-refractivity contribution in [2.45, 2.75) is 24.9 Å². The molecule has 12 heteroatoms. The Morgan fingerprint density at radius 3 is 2.17 bits per heavy atom. The highest BCUT2D eigenvalue weighted by atomic mass is 16.4. The molecule has 0 aliphatic carbocycles. The molecule has 0 aliphatic rings. The average Bonchev–Trinajstić information content (AvgIpc) is 2.51. The van der Waals surface area contributed by atoms with Crippen LogP contribution in [0.15, 0.2) is 19.2 Å². The lowest BCUT2D eigenvalue weighted by atomic mass is 10.1. The van der Waals surface area contributed by atoms with Crippen molar-refractivity contribution in [1.82, 2.24) is 19.5 Å². The van der Waals surface area contributed by atoms with Gasteiger partial charge in [-0.3, -0.25) is 28.9 Å². The predicted molar refractivity (Wildman–Crippen MR) is 75.2 cm³/mol. The fourth-order valence-electron chi connectivity index (χ4n) is 2.02. The number of rotatable bonds is 5. The van der Waals surface area contributed by atoms with E-state index in [0.29, 0.717) is 4.57 Å². The van der Waals surface area contributed by atoms with Gasteiger partial charge in [-0.2, -0.15) is 0 Å². The van der Waals surface area contributed by atoms with Crippen molar-refractivity contribution >= 4 is 11.2 Å². The Balaban J connectivity index is 2.62. The van der Waals surface area contributed by atoms with Gasteiger partial charge >= 0.3 is 16.8 Å². The summed E-state index contributed by atoms with van der Waals surface area (Å²) in [5.74, 6) is 0. The third-order valence-corrected chi connectivity index (χ3v) is 3.22. The van der Waals surface area contributed by atoms with Crippen molar-refractivity contribution in [1.29, 1.82) is 0 Å². The molecule has 0 unspecified atom stereocenters. The highest BCUT2D eigenvalue weighted by molar-refractivity contribution is 5.67. The smallest absolute Gasteiger partial charge is 0.327 e. The van der Waals surface area contributed by atoms with Crippen molar-refractivity contribution < 1.29 is 20.4 Å². The lowest BCUT2D eigenvalue weighted by molar-refractivity contribution is -0.0805. The fourth-order valence-corrected chi connectivity index (χ4v) is 2.02. The van der Waals surface area contributed by atoms with Crippen LogP contribution in [0.5, 0.6) is 0 Å². The standard InChI is InChI=1S/C11H14N4O8/c16-2-4(18)6(19)3(17)1-15-7-5(12-9(21)10(15)22)8(20)14-11(23)13-7/h3-4,6,16-19H,1-2H2,(H,12,21)(H2,13,14,20,23)/t3-,4+,6-/m0/s1. The van der Waals surface area contributed by atoms with E-state index in [9.17, 15) is 34.5 Å². The van der Waals surface area contributed by atoms with Gasteiger partial charge in [0.1, 0.15) is 29.5 Å². The molecule has 0 saturated carbocycles. The van der Waals surface area contributed by atoms with E-state index in [1.54, 1.807) is 0 Å². The molecule has 126 valence electrons. The number of hydrogen-bond donors (Lipinski definition) is 7. The van der Waals surface area contributed by atoms with Crippen LogP contribution in [0.4, 0.5) is 0 Å². The molecule has 0 amide bonds. The van der Waals surface area contributed by atoms with Crippen LogP contribution in [0.1, 0.15) is 0 Å². The number of hydrogen-bond acceptors (Lipinski definition) is 8. The Labute approximate surface area is 125 Å². The first-order valence-corrected chi connectivity index (χ1v) is 6.40. The van der Waals surface area contributed by atoms with Crippen molar-refractivity contribution in [3.63, 3.8) is 0 Å². The number of nitrogens with one attached hydrogen (secondary N) is 3. The van der Waals surface area contributed by atoms with Crippen molar-refractivity contribution in [3.8, 4) is 0 Å². The van der Waals surface area contributed by atoms with E-state index in [-0.39, 0.29) is 5.65 Å². The van der Waals surface area contributed by atoms with Crippen LogP contribution >= 0.6 is 0 Å². The Bertz CT molecular complexity index is 938. The third-order valence-electron chi connectivity index (χ3n) is 3.22. The molecule has 0 saturated heterocycles. The van der Waals surface area contributed by atoms with Gasteiger partial charge in [0.25, 0.3) is 5.56 Å². The molecule has 2 aromatic heterocycles. The van der Waals surface area contributed by atoms with Gasteiger partial charge in [0.05, 0.1) is 13.2 Å². The van der Waals surface area contributed by atoms with Gasteiger partial charge in [0.2, 0.25) is 0 Å². The van der Waals surface area contributed by atoms with Crippen LogP contribution in [0.25, 0.3) is 11.2 Å². The second kappa shape index (κ2) is 6.29. The number of aliphatic hydroxyl groups is 4. The third kappa shape index (κ3) is 3.14. The number of fused-ring (bicyclic) bond motifs is 1. The van der Waals surface area contributed by atoms with Gasteiger partial charge in [0.15, 0.2) is 0 Å². The van der Waals surface area contributed by atoms with Gasteiger partial charge in [-0.1, -0.05) is 0 Å². The zero-order valence-corrected chi connectivity index (χ0v) is 11.5. The Morgan fingerprint density at radius 2 is 1.57 bits per heavy atom. The zero-order valence-electron chi connectivity index (χ0n) is 11.5.